The van der Waals surface area contributed by atoms with Crippen LogP contribution in [-0.4, -0.2) is 58.1 Å². The van der Waals surface area contributed by atoms with E-state index in [0.717, 1.165) is 50.9 Å². The van der Waals surface area contributed by atoms with E-state index in [1.807, 2.05) is 10.9 Å². The molecule has 0 bridgehead atoms. The molecule has 8 nitrogen and oxygen atoms in total. The van der Waals surface area contributed by atoms with Crippen LogP contribution >= 0.6 is 0 Å². The zero-order valence-corrected chi connectivity index (χ0v) is 23.0. The number of nitrogens with one attached hydrogen (secondary N) is 1. The summed E-state index contributed by atoms with van der Waals surface area (Å²) in [5.41, 5.74) is 0.813. The molecule has 1 N–H and O–H groups in total. The van der Waals surface area contributed by atoms with Gasteiger partial charge >= 0.3 is 0 Å². The Balaban J connectivity index is 2.30. The first-order valence-corrected chi connectivity index (χ1v) is 13.2. The number of carbonyl (C=O) groups excluding carboxylic acids is 2. The largest absolute Gasteiger partial charge is 0.378 e. The van der Waals surface area contributed by atoms with E-state index in [9.17, 15) is 9.59 Å². The summed E-state index contributed by atoms with van der Waals surface area (Å²) < 4.78 is 14.1. The molecule has 0 radical (unpaired) electrons. The van der Waals surface area contributed by atoms with Crippen molar-refractivity contribution >= 4 is 11.7 Å². The van der Waals surface area contributed by atoms with Gasteiger partial charge in [0.25, 0.3) is 0 Å². The van der Waals surface area contributed by atoms with Gasteiger partial charge in [0.15, 0.2) is 5.78 Å². The van der Waals surface area contributed by atoms with E-state index in [2.05, 4.69) is 57.2 Å². The number of carbonyl (C=O) groups is 2. The van der Waals surface area contributed by atoms with Gasteiger partial charge in [-0.15, -0.1) is 5.10 Å². The van der Waals surface area contributed by atoms with Crippen molar-refractivity contribution in [2.45, 2.75) is 105 Å². The van der Waals surface area contributed by atoms with Gasteiger partial charge in [0, 0.05) is 50.9 Å². The van der Waals surface area contributed by atoms with Crippen molar-refractivity contribution in [3.63, 3.8) is 0 Å². The van der Waals surface area contributed by atoms with Crippen molar-refractivity contribution in [3.8, 4) is 0 Å². The number of aryl methyl sites for hydroxylation is 1. The fourth-order valence-electron chi connectivity index (χ4n) is 3.32. The molecule has 0 aliphatic heterocycles. The molecule has 3 unspecified atom stereocenters. The zero-order chi connectivity index (χ0) is 26.3. The smallest absolute Gasteiger partial charge is 0.244 e. The highest BCUT2D eigenvalue weighted by molar-refractivity contribution is 5.97. The summed E-state index contributed by atoms with van der Waals surface area (Å²) in [6, 6.07) is 0. The van der Waals surface area contributed by atoms with E-state index in [-0.39, 0.29) is 23.4 Å². The number of ketones is 1. The lowest BCUT2D eigenvalue weighted by Crippen LogP contribution is -2.32. The molecule has 0 fully saturated rings. The molecule has 1 amide bonds. The maximum absolute atomic E-state index is 11.6. The number of aromatic nitrogens is 3. The third-order valence-corrected chi connectivity index (χ3v) is 6.32. The van der Waals surface area contributed by atoms with Gasteiger partial charge in [-0.25, -0.2) is 0 Å². The molecule has 1 rings (SSSR count). The van der Waals surface area contributed by atoms with Gasteiger partial charge in [-0.2, -0.15) is 0 Å². The molecule has 1 aromatic rings. The summed E-state index contributed by atoms with van der Waals surface area (Å²) in [6.45, 7) is 17.5. The summed E-state index contributed by atoms with van der Waals surface area (Å²) >= 11 is 0. The fourth-order valence-corrected chi connectivity index (χ4v) is 3.32. The Labute approximate surface area is 212 Å². The van der Waals surface area contributed by atoms with Crippen molar-refractivity contribution in [2.24, 2.45) is 11.8 Å². The highest BCUT2D eigenvalue weighted by Gasteiger charge is 2.24. The monoisotopic (exact) mass is 492 g/mol. The number of amides is 1. The van der Waals surface area contributed by atoms with Gasteiger partial charge in [0.1, 0.15) is 0 Å². The van der Waals surface area contributed by atoms with Crippen LogP contribution < -0.4 is 5.32 Å². The average molecular weight is 493 g/mol. The van der Waals surface area contributed by atoms with Gasteiger partial charge in [-0.1, -0.05) is 39.8 Å². The van der Waals surface area contributed by atoms with Crippen LogP contribution in [0, 0.1) is 11.8 Å². The van der Waals surface area contributed by atoms with Crippen LogP contribution in [-0.2, 0) is 32.0 Å². The van der Waals surface area contributed by atoms with Gasteiger partial charge in [-0.3, -0.25) is 14.3 Å². The Kier molecular flexibility index (Phi) is 14.7. The second-order valence-electron chi connectivity index (χ2n) is 10.1. The lowest BCUT2D eigenvalue weighted by molar-refractivity contribution is -0.117. The number of unbranched alkanes of at least 4 members (excludes halogenated alkanes) is 1. The summed E-state index contributed by atoms with van der Waals surface area (Å²) in [5, 5.41) is 11.3. The molecular formula is C27H48N4O4. The molecule has 1 heterocycles. The molecular weight excluding hydrogens is 444 g/mol. The normalized spacial score (nSPS) is 15.3. The second-order valence-corrected chi connectivity index (χ2v) is 10.1. The zero-order valence-electron chi connectivity index (χ0n) is 23.0. The van der Waals surface area contributed by atoms with Crippen LogP contribution in [0.15, 0.2) is 18.3 Å². The van der Waals surface area contributed by atoms with Crippen molar-refractivity contribution < 1.29 is 19.1 Å². The molecule has 200 valence electrons. The number of nitrogens with zero attached hydrogens (tertiary/aromatic N) is 3. The SMILES string of the molecule is CCC(=O)/C=C/C(=O)NCCCCc1cn(CC(C)C(C)OCCC(C)(CC)OCC(C)C)nn1. The van der Waals surface area contributed by atoms with E-state index in [0.29, 0.717) is 31.4 Å². The van der Waals surface area contributed by atoms with Gasteiger partial charge in [-0.05, 0) is 57.9 Å². The number of ether oxygens (including phenoxy) is 2. The molecule has 35 heavy (non-hydrogen) atoms. The Morgan fingerprint density at radius 1 is 1.17 bits per heavy atom. The van der Waals surface area contributed by atoms with Crippen molar-refractivity contribution in [1.82, 2.24) is 20.3 Å². The minimum Gasteiger partial charge on any atom is -0.378 e. The first-order chi connectivity index (χ1) is 16.6. The summed E-state index contributed by atoms with van der Waals surface area (Å²) in [6.07, 6.45) is 9.54. The predicted molar refractivity (Wildman–Crippen MR) is 139 cm³/mol. The Morgan fingerprint density at radius 2 is 1.91 bits per heavy atom. The van der Waals surface area contributed by atoms with E-state index in [1.165, 1.54) is 12.2 Å². The van der Waals surface area contributed by atoms with E-state index in [4.69, 9.17) is 9.47 Å². The Bertz CT molecular complexity index is 777. The summed E-state index contributed by atoms with van der Waals surface area (Å²) in [4.78, 5) is 22.8. The topological polar surface area (TPSA) is 95.3 Å². The van der Waals surface area contributed by atoms with Gasteiger partial charge in [0.05, 0.1) is 17.4 Å². The lowest BCUT2D eigenvalue weighted by Gasteiger charge is -2.30. The van der Waals surface area contributed by atoms with Crippen LogP contribution in [0.5, 0.6) is 0 Å². The maximum Gasteiger partial charge on any atom is 0.244 e. The van der Waals surface area contributed by atoms with Crippen molar-refractivity contribution in [2.75, 3.05) is 19.8 Å². The minimum atomic E-state index is -0.231. The number of rotatable bonds is 19. The highest BCUT2D eigenvalue weighted by Crippen LogP contribution is 2.22. The third kappa shape index (κ3) is 13.6. The van der Waals surface area contributed by atoms with E-state index in [1.54, 1.807) is 6.92 Å². The molecule has 0 aliphatic carbocycles. The van der Waals surface area contributed by atoms with Crippen molar-refractivity contribution in [1.29, 1.82) is 0 Å². The maximum atomic E-state index is 11.6. The van der Waals surface area contributed by atoms with Gasteiger partial charge < -0.3 is 14.8 Å². The average Bonchev–Trinajstić information content (AvgIpc) is 3.27. The molecule has 1 aromatic heterocycles. The highest BCUT2D eigenvalue weighted by atomic mass is 16.5. The lowest BCUT2D eigenvalue weighted by atomic mass is 9.99. The van der Waals surface area contributed by atoms with Crippen LogP contribution in [0.4, 0.5) is 0 Å². The third-order valence-electron chi connectivity index (χ3n) is 6.32. The quantitative estimate of drug-likeness (QED) is 0.225. The molecule has 0 aromatic carbocycles. The summed E-state index contributed by atoms with van der Waals surface area (Å²) in [5.74, 6) is 0.548. The molecule has 0 saturated carbocycles. The van der Waals surface area contributed by atoms with Crippen molar-refractivity contribution in [3.05, 3.63) is 24.0 Å². The standard InChI is InChI=1S/C27H48N4O4/c1-8-25(32)13-14-26(33)28-16-11-10-12-24-19-31(30-29-24)18-22(5)23(6)34-17-15-27(7,9-2)35-20-21(3)4/h13-14,19,21-23H,8-12,15-18,20H2,1-7H3,(H,28,33)/b14-13+. The number of hydrogen-bond acceptors (Lipinski definition) is 6. The fraction of sp³-hybridized carbons (Fsp3) is 0.778. The predicted octanol–water partition coefficient (Wildman–Crippen LogP) is 4.52. The molecule has 0 aliphatic rings. The molecule has 8 heteroatoms. The van der Waals surface area contributed by atoms with E-state index < -0.39 is 0 Å². The van der Waals surface area contributed by atoms with Gasteiger partial charge in [0.2, 0.25) is 5.91 Å². The number of hydrogen-bond donors (Lipinski definition) is 1. The molecule has 0 spiro atoms. The van der Waals surface area contributed by atoms with E-state index >= 15 is 0 Å². The van der Waals surface area contributed by atoms with Crippen LogP contribution in [0.2, 0.25) is 0 Å². The Morgan fingerprint density at radius 3 is 2.57 bits per heavy atom. The first kappa shape index (κ1) is 31.0. The van der Waals surface area contributed by atoms with Crippen LogP contribution in [0.3, 0.4) is 0 Å². The second kappa shape index (κ2) is 16.6. The minimum absolute atomic E-state index is 0.0512. The van der Waals surface area contributed by atoms with Crippen LogP contribution in [0.25, 0.3) is 0 Å². The number of allylic oxidation sites excluding steroid dienone is 1. The van der Waals surface area contributed by atoms with Crippen LogP contribution in [0.1, 0.15) is 86.3 Å². The summed E-state index contributed by atoms with van der Waals surface area (Å²) in [7, 11) is 0. The first-order valence-electron chi connectivity index (χ1n) is 13.2. The molecule has 3 atom stereocenters. The molecule has 0 saturated heterocycles. The Hall–Kier alpha value is -2.06.